The molecule has 1 unspecified atom stereocenters. The Morgan fingerprint density at radius 3 is 2.88 bits per heavy atom. The summed E-state index contributed by atoms with van der Waals surface area (Å²) in [5.74, 6) is 1.80. The van der Waals surface area contributed by atoms with Crippen LogP contribution in [0.2, 0.25) is 0 Å². The van der Waals surface area contributed by atoms with Gasteiger partial charge in [0, 0.05) is 5.56 Å². The Labute approximate surface area is 146 Å². The molecule has 25 heavy (non-hydrogen) atoms. The fourth-order valence-corrected chi connectivity index (χ4v) is 3.75. The molecule has 4 N–H and O–H groups in total. The zero-order valence-electron chi connectivity index (χ0n) is 14.5. The lowest BCUT2D eigenvalue weighted by Crippen LogP contribution is -2.43. The number of furan rings is 1. The fraction of sp³-hybridized carbons (Fsp3) is 0.368. The van der Waals surface area contributed by atoms with Gasteiger partial charge in [-0.15, -0.1) is 0 Å². The molecule has 0 aliphatic heterocycles. The molecule has 0 bridgehead atoms. The molecule has 1 aliphatic rings. The molecule has 6 nitrogen and oxygen atoms in total. The molecule has 0 radical (unpaired) electrons. The van der Waals surface area contributed by atoms with E-state index in [1.54, 1.807) is 0 Å². The van der Waals surface area contributed by atoms with Crippen LogP contribution in [0.15, 0.2) is 28.7 Å². The Bertz CT molecular complexity index is 950. The number of fused-ring (bicyclic) bond motifs is 2. The fourth-order valence-electron chi connectivity index (χ4n) is 3.75. The van der Waals surface area contributed by atoms with Gasteiger partial charge in [0.2, 0.25) is 5.71 Å². The van der Waals surface area contributed by atoms with Crippen molar-refractivity contribution in [1.82, 2.24) is 15.3 Å². The molecule has 0 amide bonds. The number of aliphatic hydroxyl groups excluding tert-OH is 1. The summed E-state index contributed by atoms with van der Waals surface area (Å²) in [4.78, 5) is 8.92. The number of anilines is 1. The summed E-state index contributed by atoms with van der Waals surface area (Å²) in [5, 5.41) is 14.3. The van der Waals surface area contributed by atoms with Crippen molar-refractivity contribution in [2.24, 2.45) is 0 Å². The highest BCUT2D eigenvalue weighted by atomic mass is 16.3. The molecule has 130 valence electrons. The Morgan fingerprint density at radius 2 is 2.08 bits per heavy atom. The van der Waals surface area contributed by atoms with Gasteiger partial charge in [0.25, 0.3) is 0 Å². The largest absolute Gasteiger partial charge is 0.443 e. The SMILES string of the molecule is Cc1oc2nc(CNC3(CO)CCc4ccccc43)nc(N)c2c1C. The van der Waals surface area contributed by atoms with Gasteiger partial charge in [0.05, 0.1) is 24.1 Å². The molecule has 3 aromatic rings. The van der Waals surface area contributed by atoms with Gasteiger partial charge in [-0.1, -0.05) is 24.3 Å². The third kappa shape index (κ3) is 2.49. The summed E-state index contributed by atoms with van der Waals surface area (Å²) < 4.78 is 5.69. The van der Waals surface area contributed by atoms with Crippen LogP contribution in [0.3, 0.4) is 0 Å². The number of nitrogens with zero attached hydrogens (tertiary/aromatic N) is 2. The van der Waals surface area contributed by atoms with Crippen LogP contribution in [0.5, 0.6) is 0 Å². The zero-order valence-corrected chi connectivity index (χ0v) is 14.5. The highest BCUT2D eigenvalue weighted by molar-refractivity contribution is 5.88. The quantitative estimate of drug-likeness (QED) is 0.675. The van der Waals surface area contributed by atoms with E-state index in [1.165, 1.54) is 5.56 Å². The number of rotatable bonds is 4. The van der Waals surface area contributed by atoms with Gasteiger partial charge < -0.3 is 15.3 Å². The first kappa shape index (κ1) is 16.1. The predicted molar refractivity (Wildman–Crippen MR) is 96.1 cm³/mol. The van der Waals surface area contributed by atoms with Crippen molar-refractivity contribution in [2.75, 3.05) is 12.3 Å². The highest BCUT2D eigenvalue weighted by Crippen LogP contribution is 2.36. The van der Waals surface area contributed by atoms with Gasteiger partial charge in [-0.2, -0.15) is 4.98 Å². The summed E-state index contributed by atoms with van der Waals surface area (Å²) >= 11 is 0. The van der Waals surface area contributed by atoms with Crippen LogP contribution in [0.25, 0.3) is 11.1 Å². The second-order valence-electron chi connectivity index (χ2n) is 6.74. The molecular formula is C19H22N4O2. The first-order chi connectivity index (χ1) is 12.0. The van der Waals surface area contributed by atoms with Crippen molar-refractivity contribution in [1.29, 1.82) is 0 Å². The number of nitrogen functional groups attached to an aromatic ring is 1. The second-order valence-corrected chi connectivity index (χ2v) is 6.74. The van der Waals surface area contributed by atoms with Crippen LogP contribution in [-0.2, 0) is 18.5 Å². The molecule has 4 rings (SSSR count). The number of hydrogen-bond acceptors (Lipinski definition) is 6. The lowest BCUT2D eigenvalue weighted by Gasteiger charge is -2.29. The normalized spacial score (nSPS) is 19.5. The van der Waals surface area contributed by atoms with Crippen LogP contribution in [0, 0.1) is 13.8 Å². The second kappa shape index (κ2) is 5.82. The van der Waals surface area contributed by atoms with Gasteiger partial charge in [-0.05, 0) is 37.8 Å². The molecule has 1 aliphatic carbocycles. The first-order valence-corrected chi connectivity index (χ1v) is 8.50. The molecule has 0 saturated heterocycles. The maximum atomic E-state index is 10.1. The van der Waals surface area contributed by atoms with Gasteiger partial charge >= 0.3 is 0 Å². The molecule has 1 atom stereocenters. The molecule has 2 heterocycles. The number of aryl methyl sites for hydroxylation is 3. The predicted octanol–water partition coefficient (Wildman–Crippen LogP) is 2.35. The van der Waals surface area contributed by atoms with E-state index in [2.05, 4.69) is 27.4 Å². The molecule has 0 fully saturated rings. The van der Waals surface area contributed by atoms with Crippen molar-refractivity contribution < 1.29 is 9.52 Å². The summed E-state index contributed by atoms with van der Waals surface area (Å²) in [6.45, 7) is 4.29. The van der Waals surface area contributed by atoms with Crippen molar-refractivity contribution >= 4 is 16.9 Å². The number of nitrogens with two attached hydrogens (primary N) is 1. The summed E-state index contributed by atoms with van der Waals surface area (Å²) in [6.07, 6.45) is 1.79. The van der Waals surface area contributed by atoms with E-state index in [9.17, 15) is 5.11 Å². The average molecular weight is 338 g/mol. The number of benzene rings is 1. The van der Waals surface area contributed by atoms with E-state index in [0.29, 0.717) is 23.9 Å². The monoisotopic (exact) mass is 338 g/mol. The maximum Gasteiger partial charge on any atom is 0.231 e. The van der Waals surface area contributed by atoms with E-state index in [4.69, 9.17) is 10.2 Å². The lowest BCUT2D eigenvalue weighted by molar-refractivity contribution is 0.158. The number of nitrogens with one attached hydrogen (secondary N) is 1. The zero-order chi connectivity index (χ0) is 17.6. The third-order valence-electron chi connectivity index (χ3n) is 5.31. The number of aromatic nitrogens is 2. The molecular weight excluding hydrogens is 316 g/mol. The van der Waals surface area contributed by atoms with Gasteiger partial charge in [-0.25, -0.2) is 4.98 Å². The lowest BCUT2D eigenvalue weighted by atomic mass is 9.92. The van der Waals surface area contributed by atoms with Crippen molar-refractivity contribution in [3.8, 4) is 0 Å². The molecule has 1 aromatic carbocycles. The van der Waals surface area contributed by atoms with Gasteiger partial charge in [-0.3, -0.25) is 5.32 Å². The van der Waals surface area contributed by atoms with Crippen LogP contribution in [0.4, 0.5) is 5.82 Å². The van der Waals surface area contributed by atoms with Crippen LogP contribution < -0.4 is 11.1 Å². The molecule has 6 heteroatoms. The molecule has 2 aromatic heterocycles. The van der Waals surface area contributed by atoms with Crippen LogP contribution in [0.1, 0.15) is 34.7 Å². The topological polar surface area (TPSA) is 97.2 Å². The molecule has 0 spiro atoms. The minimum absolute atomic E-state index is 0.0285. The first-order valence-electron chi connectivity index (χ1n) is 8.50. The van der Waals surface area contributed by atoms with E-state index in [1.807, 2.05) is 26.0 Å². The average Bonchev–Trinajstić information content (AvgIpc) is 3.12. The summed E-state index contributed by atoms with van der Waals surface area (Å²) in [7, 11) is 0. The van der Waals surface area contributed by atoms with E-state index < -0.39 is 5.54 Å². The Kier molecular flexibility index (Phi) is 3.74. The standard InChI is InChI=1S/C19H22N4O2/c1-11-12(2)25-18-16(11)17(20)22-15(23-18)9-21-19(10-24)8-7-13-5-3-4-6-14(13)19/h3-6,21,24H,7-10H2,1-2H3,(H2,20,22,23). The summed E-state index contributed by atoms with van der Waals surface area (Å²) in [5.41, 5.74) is 9.57. The van der Waals surface area contributed by atoms with Crippen molar-refractivity contribution in [3.05, 3.63) is 52.5 Å². The Balaban J connectivity index is 1.64. The highest BCUT2D eigenvalue weighted by Gasteiger charge is 2.37. The Morgan fingerprint density at radius 1 is 1.28 bits per heavy atom. The van der Waals surface area contributed by atoms with E-state index >= 15 is 0 Å². The van der Waals surface area contributed by atoms with Crippen molar-refractivity contribution in [3.63, 3.8) is 0 Å². The smallest absolute Gasteiger partial charge is 0.231 e. The van der Waals surface area contributed by atoms with E-state index in [0.717, 1.165) is 35.1 Å². The van der Waals surface area contributed by atoms with Crippen molar-refractivity contribution in [2.45, 2.75) is 38.8 Å². The van der Waals surface area contributed by atoms with Crippen LogP contribution >= 0.6 is 0 Å². The van der Waals surface area contributed by atoms with Gasteiger partial charge in [0.1, 0.15) is 17.4 Å². The third-order valence-corrected chi connectivity index (χ3v) is 5.31. The molecule has 0 saturated carbocycles. The maximum absolute atomic E-state index is 10.1. The minimum atomic E-state index is -0.460. The number of aliphatic hydroxyl groups is 1. The summed E-state index contributed by atoms with van der Waals surface area (Å²) in [6, 6.07) is 8.23. The Hall–Kier alpha value is -2.44. The van der Waals surface area contributed by atoms with Crippen LogP contribution in [-0.4, -0.2) is 21.7 Å². The number of hydrogen-bond donors (Lipinski definition) is 3. The minimum Gasteiger partial charge on any atom is -0.443 e. The van der Waals surface area contributed by atoms with Gasteiger partial charge in [0.15, 0.2) is 0 Å². The van der Waals surface area contributed by atoms with E-state index in [-0.39, 0.29) is 6.61 Å².